The molecule has 0 aromatic heterocycles. The number of nitrogens with zero attached hydrogens (tertiary/aromatic N) is 2. The van der Waals surface area contributed by atoms with Gasteiger partial charge in [-0.05, 0) is 41.0 Å². The first-order valence-electron chi connectivity index (χ1n) is 15.4. The van der Waals surface area contributed by atoms with Crippen LogP contribution in [0.3, 0.4) is 0 Å². The van der Waals surface area contributed by atoms with Crippen LogP contribution in [0.1, 0.15) is 52.2 Å². The third kappa shape index (κ3) is 11.7. The first-order valence-corrected chi connectivity index (χ1v) is 16.8. The minimum Gasteiger partial charge on any atom is -0.390 e. The zero-order valence-electron chi connectivity index (χ0n) is 27.0. The summed E-state index contributed by atoms with van der Waals surface area (Å²) in [6, 6.07) is 26.1. The van der Waals surface area contributed by atoms with E-state index in [9.17, 15) is 23.1 Å². The Morgan fingerprint density at radius 1 is 0.822 bits per heavy atom. The lowest BCUT2D eigenvalue weighted by Crippen LogP contribution is -2.60. The van der Waals surface area contributed by atoms with Crippen molar-refractivity contribution in [3.63, 3.8) is 0 Å². The molecule has 2 atom stereocenters. The van der Waals surface area contributed by atoms with Crippen LogP contribution in [-0.4, -0.2) is 66.4 Å². The Balaban J connectivity index is 1.94. The molecule has 0 aliphatic heterocycles. The number of carbonyl (C=O) groups is 2. The van der Waals surface area contributed by atoms with E-state index in [4.69, 9.17) is 0 Å². The lowest BCUT2D eigenvalue weighted by atomic mass is 9.91. The summed E-state index contributed by atoms with van der Waals surface area (Å²) in [6.45, 7) is 9.87. The maximum absolute atomic E-state index is 13.9. The summed E-state index contributed by atoms with van der Waals surface area (Å²) >= 11 is 0. The number of aliphatic hydroxyl groups excluding tert-OH is 1. The average Bonchev–Trinajstić information content (AvgIpc) is 2.99. The number of amides is 2. The average molecular weight is 637 g/mol. The summed E-state index contributed by atoms with van der Waals surface area (Å²) in [5.41, 5.74) is 4.19. The van der Waals surface area contributed by atoms with E-state index >= 15 is 0 Å². The van der Waals surface area contributed by atoms with Crippen molar-refractivity contribution < 1.29 is 23.1 Å². The number of hydrogen-bond donors (Lipinski definition) is 3. The Bertz CT molecular complexity index is 1450. The Labute approximate surface area is 268 Å². The molecule has 0 saturated carbocycles. The molecular formula is C35H48N4O5S. The maximum Gasteiger partial charge on any atom is 0.252 e. The molecule has 10 heteroatoms. The highest BCUT2D eigenvalue weighted by Gasteiger charge is 2.36. The molecule has 0 saturated heterocycles. The van der Waals surface area contributed by atoms with Gasteiger partial charge in [0.15, 0.2) is 0 Å². The van der Waals surface area contributed by atoms with Gasteiger partial charge < -0.3 is 10.4 Å². The monoisotopic (exact) mass is 636 g/mol. The number of hydrogen-bond acceptors (Lipinski definition) is 6. The second-order valence-corrected chi connectivity index (χ2v) is 14.9. The second kappa shape index (κ2) is 16.7. The molecule has 3 rings (SSSR count). The van der Waals surface area contributed by atoms with Gasteiger partial charge in [0.1, 0.15) is 0 Å². The molecule has 0 heterocycles. The van der Waals surface area contributed by atoms with Gasteiger partial charge in [0, 0.05) is 26.1 Å². The summed E-state index contributed by atoms with van der Waals surface area (Å²) < 4.78 is 28.8. The molecule has 0 radical (unpaired) electrons. The van der Waals surface area contributed by atoms with Gasteiger partial charge in [0.25, 0.3) is 5.91 Å². The van der Waals surface area contributed by atoms with Gasteiger partial charge in [-0.15, -0.1) is 0 Å². The number of sulfonamides is 1. The van der Waals surface area contributed by atoms with E-state index in [1.807, 2.05) is 95.3 Å². The molecule has 3 aromatic carbocycles. The molecule has 0 unspecified atom stereocenters. The van der Waals surface area contributed by atoms with Crippen molar-refractivity contribution in [2.24, 2.45) is 11.3 Å². The second-order valence-electron chi connectivity index (χ2n) is 13.0. The standard InChI is InChI=1S/C35H48N4O5S/c1-27(2)25-38(45(43,44)30-19-13-8-14-20-30)26-32(40)31(21-28-15-9-6-10-16-28)39(34(42)22-35(3,4)5)37-33(41)24-36-23-29-17-11-7-12-18-29/h6-20,27,31-32,36,40H,21-26H2,1-5H3,(H,37,41)/t31-,32+/m0/s1. The molecule has 0 aliphatic carbocycles. The van der Waals surface area contributed by atoms with Crippen LogP contribution < -0.4 is 10.7 Å². The predicted molar refractivity (Wildman–Crippen MR) is 177 cm³/mol. The molecule has 0 fully saturated rings. The lowest BCUT2D eigenvalue weighted by Gasteiger charge is -2.38. The van der Waals surface area contributed by atoms with E-state index in [0.717, 1.165) is 11.1 Å². The predicted octanol–water partition coefficient (Wildman–Crippen LogP) is 4.39. The fourth-order valence-electron chi connectivity index (χ4n) is 4.96. The van der Waals surface area contributed by atoms with Crippen molar-refractivity contribution in [2.75, 3.05) is 19.6 Å². The highest BCUT2D eigenvalue weighted by molar-refractivity contribution is 7.89. The van der Waals surface area contributed by atoms with E-state index in [1.54, 1.807) is 18.2 Å². The Morgan fingerprint density at radius 2 is 1.36 bits per heavy atom. The third-order valence-electron chi connectivity index (χ3n) is 7.06. The smallest absolute Gasteiger partial charge is 0.252 e. The van der Waals surface area contributed by atoms with Crippen molar-refractivity contribution in [3.05, 3.63) is 102 Å². The topological polar surface area (TPSA) is 119 Å². The fraction of sp³-hybridized carbons (Fsp3) is 0.429. The van der Waals surface area contributed by atoms with Crippen LogP contribution >= 0.6 is 0 Å². The van der Waals surface area contributed by atoms with Crippen LogP contribution in [0.5, 0.6) is 0 Å². The summed E-state index contributed by atoms with van der Waals surface area (Å²) in [5, 5.41) is 16.2. The number of rotatable bonds is 15. The van der Waals surface area contributed by atoms with Crippen molar-refractivity contribution >= 4 is 21.8 Å². The van der Waals surface area contributed by atoms with Crippen LogP contribution in [0.4, 0.5) is 0 Å². The zero-order chi connectivity index (χ0) is 33.0. The van der Waals surface area contributed by atoms with Gasteiger partial charge in [0.05, 0.1) is 23.6 Å². The Kier molecular flexibility index (Phi) is 13.3. The van der Waals surface area contributed by atoms with Crippen LogP contribution in [0, 0.1) is 11.3 Å². The van der Waals surface area contributed by atoms with Gasteiger partial charge >= 0.3 is 0 Å². The molecule has 45 heavy (non-hydrogen) atoms. The number of hydrazine groups is 1. The highest BCUT2D eigenvalue weighted by Crippen LogP contribution is 2.24. The van der Waals surface area contributed by atoms with Crippen LogP contribution in [0.15, 0.2) is 95.9 Å². The number of carbonyl (C=O) groups excluding carboxylic acids is 2. The van der Waals surface area contributed by atoms with Gasteiger partial charge in [-0.1, -0.05) is 113 Å². The molecule has 244 valence electrons. The highest BCUT2D eigenvalue weighted by atomic mass is 32.2. The Hall–Kier alpha value is -3.57. The van der Waals surface area contributed by atoms with Gasteiger partial charge in [-0.25, -0.2) is 13.4 Å². The first kappa shape index (κ1) is 35.9. The largest absolute Gasteiger partial charge is 0.390 e. The van der Waals surface area contributed by atoms with Gasteiger partial charge in [-0.3, -0.25) is 15.0 Å². The molecule has 0 aliphatic rings. The number of aliphatic hydroxyl groups is 1. The summed E-state index contributed by atoms with van der Waals surface area (Å²) in [7, 11) is -3.96. The molecular weight excluding hydrogens is 588 g/mol. The van der Waals surface area contributed by atoms with Crippen LogP contribution in [0.2, 0.25) is 0 Å². The zero-order valence-corrected chi connectivity index (χ0v) is 27.8. The SMILES string of the molecule is CC(C)CN(C[C@@H](O)[C@H](Cc1ccccc1)N(NC(=O)CNCc1ccccc1)C(=O)CC(C)(C)C)S(=O)(=O)c1ccccc1. The van der Waals surface area contributed by atoms with Crippen molar-refractivity contribution in [3.8, 4) is 0 Å². The summed E-state index contributed by atoms with van der Waals surface area (Å²) in [4.78, 5) is 27.2. The Morgan fingerprint density at radius 3 is 1.89 bits per heavy atom. The van der Waals surface area contributed by atoms with Crippen molar-refractivity contribution in [2.45, 2.75) is 71.0 Å². The molecule has 2 amide bonds. The summed E-state index contributed by atoms with van der Waals surface area (Å²) in [5.74, 6) is -0.855. The van der Waals surface area contributed by atoms with E-state index in [2.05, 4.69) is 10.7 Å². The first-order chi connectivity index (χ1) is 21.3. The summed E-state index contributed by atoms with van der Waals surface area (Å²) in [6.07, 6.45) is -1.04. The molecule has 3 aromatic rings. The number of nitrogens with one attached hydrogen (secondary N) is 2. The molecule has 0 bridgehead atoms. The van der Waals surface area contributed by atoms with Crippen LogP contribution in [-0.2, 0) is 32.6 Å². The van der Waals surface area contributed by atoms with E-state index in [0.29, 0.717) is 6.54 Å². The van der Waals surface area contributed by atoms with Crippen molar-refractivity contribution in [1.82, 2.24) is 20.1 Å². The van der Waals surface area contributed by atoms with E-state index in [1.165, 1.54) is 21.4 Å². The maximum atomic E-state index is 13.9. The van der Waals surface area contributed by atoms with Crippen LogP contribution in [0.25, 0.3) is 0 Å². The molecule has 9 nitrogen and oxygen atoms in total. The van der Waals surface area contributed by atoms with E-state index in [-0.39, 0.29) is 49.2 Å². The fourth-order valence-corrected chi connectivity index (χ4v) is 6.61. The normalized spacial score (nSPS) is 13.4. The molecule has 0 spiro atoms. The van der Waals surface area contributed by atoms with Gasteiger partial charge in [0.2, 0.25) is 15.9 Å². The molecule has 3 N–H and O–H groups in total. The number of benzene rings is 3. The van der Waals surface area contributed by atoms with Crippen molar-refractivity contribution in [1.29, 1.82) is 0 Å². The lowest BCUT2D eigenvalue weighted by molar-refractivity contribution is -0.149. The quantitative estimate of drug-likeness (QED) is 0.213. The minimum atomic E-state index is -3.96. The van der Waals surface area contributed by atoms with E-state index < -0.39 is 33.5 Å². The minimum absolute atomic E-state index is 0.0303. The third-order valence-corrected chi connectivity index (χ3v) is 8.90. The van der Waals surface area contributed by atoms with Gasteiger partial charge in [-0.2, -0.15) is 4.31 Å².